The fourth-order valence-electron chi connectivity index (χ4n) is 1.41. The van der Waals surface area contributed by atoms with E-state index in [4.69, 9.17) is 0 Å². The van der Waals surface area contributed by atoms with Gasteiger partial charge in [-0.3, -0.25) is 4.79 Å². The average Bonchev–Trinajstić information content (AvgIpc) is 2.51. The van der Waals surface area contributed by atoms with Crippen molar-refractivity contribution in [3.8, 4) is 0 Å². The molecule has 0 aliphatic carbocycles. The normalized spacial score (nSPS) is 27.3. The SMILES string of the molecule is CC(C)C(C)NC(=O)[C@H]1C[C@H](O)CN1.Cl. The van der Waals surface area contributed by atoms with Gasteiger partial charge in [-0.1, -0.05) is 13.8 Å². The number of carbonyl (C=O) groups excluding carboxylic acids is 1. The van der Waals surface area contributed by atoms with Gasteiger partial charge in [0.1, 0.15) is 0 Å². The van der Waals surface area contributed by atoms with Crippen molar-refractivity contribution in [1.82, 2.24) is 10.6 Å². The summed E-state index contributed by atoms with van der Waals surface area (Å²) in [7, 11) is 0. The second-order valence-corrected chi connectivity index (χ2v) is 4.39. The summed E-state index contributed by atoms with van der Waals surface area (Å²) in [5.41, 5.74) is 0. The number of hydrogen-bond acceptors (Lipinski definition) is 3. The van der Waals surface area contributed by atoms with Gasteiger partial charge in [-0.05, 0) is 19.3 Å². The fraction of sp³-hybridized carbons (Fsp3) is 0.900. The van der Waals surface area contributed by atoms with Crippen LogP contribution in [0.15, 0.2) is 0 Å². The van der Waals surface area contributed by atoms with Gasteiger partial charge < -0.3 is 15.7 Å². The molecule has 0 aromatic carbocycles. The molecule has 0 spiro atoms. The number of carbonyl (C=O) groups is 1. The molecule has 1 fully saturated rings. The molecule has 3 N–H and O–H groups in total. The number of aliphatic hydroxyl groups excluding tert-OH is 1. The van der Waals surface area contributed by atoms with E-state index in [9.17, 15) is 9.90 Å². The first-order valence-electron chi connectivity index (χ1n) is 5.22. The van der Waals surface area contributed by atoms with E-state index < -0.39 is 0 Å². The summed E-state index contributed by atoms with van der Waals surface area (Å²) in [4.78, 5) is 11.6. The molecule has 0 aromatic rings. The topological polar surface area (TPSA) is 61.4 Å². The lowest BCUT2D eigenvalue weighted by atomic mass is 10.1. The maximum Gasteiger partial charge on any atom is 0.237 e. The lowest BCUT2D eigenvalue weighted by molar-refractivity contribution is -0.123. The zero-order chi connectivity index (χ0) is 10.7. The van der Waals surface area contributed by atoms with Crippen LogP contribution in [0.3, 0.4) is 0 Å². The Morgan fingerprint density at radius 3 is 2.47 bits per heavy atom. The van der Waals surface area contributed by atoms with Gasteiger partial charge in [-0.25, -0.2) is 0 Å². The van der Waals surface area contributed by atoms with Gasteiger partial charge in [0.15, 0.2) is 0 Å². The molecule has 5 heteroatoms. The van der Waals surface area contributed by atoms with Gasteiger partial charge >= 0.3 is 0 Å². The van der Waals surface area contributed by atoms with Crippen LogP contribution in [0.5, 0.6) is 0 Å². The Labute approximate surface area is 97.2 Å². The van der Waals surface area contributed by atoms with Crippen molar-refractivity contribution in [1.29, 1.82) is 0 Å². The molecule has 1 saturated heterocycles. The Hall–Kier alpha value is -0.320. The van der Waals surface area contributed by atoms with Crippen LogP contribution in [-0.4, -0.2) is 35.7 Å². The van der Waals surface area contributed by atoms with Crippen LogP contribution in [0.4, 0.5) is 0 Å². The van der Waals surface area contributed by atoms with Crippen molar-refractivity contribution < 1.29 is 9.90 Å². The summed E-state index contributed by atoms with van der Waals surface area (Å²) in [5.74, 6) is 0.438. The van der Waals surface area contributed by atoms with Gasteiger partial charge in [0.05, 0.1) is 12.1 Å². The molecular formula is C10H21ClN2O2. The van der Waals surface area contributed by atoms with Crippen molar-refractivity contribution in [2.45, 2.75) is 45.4 Å². The van der Waals surface area contributed by atoms with Crippen LogP contribution in [-0.2, 0) is 4.79 Å². The molecule has 1 aliphatic heterocycles. The number of aliphatic hydroxyl groups is 1. The predicted octanol–water partition coefficient (Wildman–Crippen LogP) is 0.292. The van der Waals surface area contributed by atoms with E-state index in [2.05, 4.69) is 24.5 Å². The van der Waals surface area contributed by atoms with Gasteiger partial charge in [0.2, 0.25) is 5.91 Å². The monoisotopic (exact) mass is 236 g/mol. The van der Waals surface area contributed by atoms with Crippen molar-refractivity contribution >= 4 is 18.3 Å². The molecule has 1 amide bonds. The molecule has 0 bridgehead atoms. The lowest BCUT2D eigenvalue weighted by Gasteiger charge is -2.19. The molecule has 15 heavy (non-hydrogen) atoms. The molecule has 0 radical (unpaired) electrons. The number of nitrogens with one attached hydrogen (secondary N) is 2. The summed E-state index contributed by atoms with van der Waals surface area (Å²) in [6.45, 7) is 6.66. The minimum Gasteiger partial charge on any atom is -0.392 e. The quantitative estimate of drug-likeness (QED) is 0.660. The third-order valence-electron chi connectivity index (χ3n) is 2.79. The molecule has 3 atom stereocenters. The Kier molecular flexibility index (Phi) is 6.17. The number of halogens is 1. The molecular weight excluding hydrogens is 216 g/mol. The van der Waals surface area contributed by atoms with Gasteiger partial charge in [0, 0.05) is 12.6 Å². The molecule has 1 unspecified atom stereocenters. The second-order valence-electron chi connectivity index (χ2n) is 4.39. The molecule has 1 rings (SSSR count). The third kappa shape index (κ3) is 4.36. The number of β-amino-alcohol motifs (C(OH)–C–C–N with tert-alkyl or cyclic N) is 1. The molecule has 1 aliphatic rings. The maximum atomic E-state index is 11.6. The zero-order valence-electron chi connectivity index (χ0n) is 9.49. The van der Waals surface area contributed by atoms with E-state index in [1.165, 1.54) is 0 Å². The third-order valence-corrected chi connectivity index (χ3v) is 2.79. The first kappa shape index (κ1) is 14.7. The van der Waals surface area contributed by atoms with Gasteiger partial charge in [-0.15, -0.1) is 12.4 Å². The Morgan fingerprint density at radius 1 is 1.47 bits per heavy atom. The minimum absolute atomic E-state index is 0. The summed E-state index contributed by atoms with van der Waals surface area (Å²) < 4.78 is 0. The highest BCUT2D eigenvalue weighted by molar-refractivity contribution is 5.85. The molecule has 4 nitrogen and oxygen atoms in total. The van der Waals surface area contributed by atoms with E-state index in [1.54, 1.807) is 0 Å². The summed E-state index contributed by atoms with van der Waals surface area (Å²) >= 11 is 0. The average molecular weight is 237 g/mol. The number of hydrogen-bond donors (Lipinski definition) is 3. The number of amides is 1. The highest BCUT2D eigenvalue weighted by Crippen LogP contribution is 2.07. The first-order chi connectivity index (χ1) is 6.50. The molecule has 90 valence electrons. The smallest absolute Gasteiger partial charge is 0.237 e. The van der Waals surface area contributed by atoms with Gasteiger partial charge in [0.25, 0.3) is 0 Å². The fourth-order valence-corrected chi connectivity index (χ4v) is 1.41. The Balaban J connectivity index is 0.00000196. The highest BCUT2D eigenvalue weighted by atomic mass is 35.5. The van der Waals surface area contributed by atoms with Crippen molar-refractivity contribution in [3.05, 3.63) is 0 Å². The van der Waals surface area contributed by atoms with E-state index in [0.29, 0.717) is 18.9 Å². The van der Waals surface area contributed by atoms with Crippen LogP contribution in [0.25, 0.3) is 0 Å². The van der Waals surface area contributed by atoms with Crippen LogP contribution in [0, 0.1) is 5.92 Å². The van der Waals surface area contributed by atoms with Crippen LogP contribution in [0.1, 0.15) is 27.2 Å². The lowest BCUT2D eigenvalue weighted by Crippen LogP contribution is -2.45. The minimum atomic E-state index is -0.375. The van der Waals surface area contributed by atoms with E-state index in [0.717, 1.165) is 0 Å². The summed E-state index contributed by atoms with van der Waals surface area (Å²) in [5, 5.41) is 15.2. The van der Waals surface area contributed by atoms with Crippen molar-refractivity contribution in [2.75, 3.05) is 6.54 Å². The molecule has 0 aromatic heterocycles. The van der Waals surface area contributed by atoms with E-state index in [1.807, 2.05) is 6.92 Å². The van der Waals surface area contributed by atoms with E-state index >= 15 is 0 Å². The van der Waals surface area contributed by atoms with Gasteiger partial charge in [-0.2, -0.15) is 0 Å². The van der Waals surface area contributed by atoms with Crippen LogP contribution >= 0.6 is 12.4 Å². The zero-order valence-corrected chi connectivity index (χ0v) is 10.3. The molecule has 0 saturated carbocycles. The largest absolute Gasteiger partial charge is 0.392 e. The molecule has 1 heterocycles. The van der Waals surface area contributed by atoms with Crippen molar-refractivity contribution in [3.63, 3.8) is 0 Å². The standard InChI is InChI=1S/C10H20N2O2.ClH/c1-6(2)7(3)12-10(14)9-4-8(13)5-11-9;/h6-9,11,13H,4-5H2,1-3H3,(H,12,14);1H/t7?,8-,9+;/m0./s1. The Morgan fingerprint density at radius 2 is 2.07 bits per heavy atom. The summed E-state index contributed by atoms with van der Waals surface area (Å²) in [6, 6.07) is -0.0340. The number of rotatable bonds is 3. The highest BCUT2D eigenvalue weighted by Gasteiger charge is 2.28. The van der Waals surface area contributed by atoms with Crippen LogP contribution in [0.2, 0.25) is 0 Å². The second kappa shape index (κ2) is 6.30. The summed E-state index contributed by atoms with van der Waals surface area (Å²) in [6.07, 6.45) is 0.150. The van der Waals surface area contributed by atoms with E-state index in [-0.39, 0.29) is 36.5 Å². The van der Waals surface area contributed by atoms with Crippen molar-refractivity contribution in [2.24, 2.45) is 5.92 Å². The first-order valence-corrected chi connectivity index (χ1v) is 5.22. The predicted molar refractivity (Wildman–Crippen MR) is 62.1 cm³/mol. The maximum absolute atomic E-state index is 11.6. The Bertz CT molecular complexity index is 212. The van der Waals surface area contributed by atoms with Crippen LogP contribution < -0.4 is 10.6 Å².